The van der Waals surface area contributed by atoms with Crippen molar-refractivity contribution in [3.8, 4) is 5.75 Å². The number of amides is 1. The summed E-state index contributed by atoms with van der Waals surface area (Å²) >= 11 is 0. The molecule has 0 atom stereocenters. The molecule has 1 aromatic rings. The van der Waals surface area contributed by atoms with Gasteiger partial charge in [-0.1, -0.05) is 19.1 Å². The van der Waals surface area contributed by atoms with E-state index in [1.165, 1.54) is 4.90 Å². The number of carbonyl (C=O) groups is 2. The highest BCUT2D eigenvalue weighted by molar-refractivity contribution is 5.83. The Morgan fingerprint density at radius 1 is 1.30 bits per heavy atom. The fraction of sp³-hybridized carbons (Fsp3) is 0.467. The Hall–Kier alpha value is -2.04. The van der Waals surface area contributed by atoms with Crippen LogP contribution in [-0.4, -0.2) is 41.6 Å². The number of aliphatic carboxylic acids is 1. The van der Waals surface area contributed by atoms with Gasteiger partial charge in [0.15, 0.2) is 0 Å². The van der Waals surface area contributed by atoms with E-state index in [1.807, 2.05) is 31.2 Å². The van der Waals surface area contributed by atoms with E-state index >= 15 is 0 Å². The van der Waals surface area contributed by atoms with Crippen molar-refractivity contribution in [2.45, 2.75) is 26.7 Å². The second kappa shape index (κ2) is 8.19. The number of hydrogen-bond donors (Lipinski definition) is 1. The van der Waals surface area contributed by atoms with E-state index in [0.29, 0.717) is 13.2 Å². The van der Waals surface area contributed by atoms with Gasteiger partial charge in [0.25, 0.3) is 0 Å². The third-order valence-electron chi connectivity index (χ3n) is 2.79. The highest BCUT2D eigenvalue weighted by Crippen LogP contribution is 2.14. The molecule has 1 aromatic carbocycles. The highest BCUT2D eigenvalue weighted by Gasteiger charge is 2.15. The molecule has 0 spiro atoms. The molecule has 0 unspecified atom stereocenters. The molecule has 5 heteroatoms. The Bertz CT molecular complexity index is 459. The molecule has 0 aliphatic rings. The van der Waals surface area contributed by atoms with E-state index in [9.17, 15) is 9.59 Å². The van der Waals surface area contributed by atoms with Gasteiger partial charge in [0, 0.05) is 6.54 Å². The zero-order chi connectivity index (χ0) is 15.0. The second-order valence-electron chi connectivity index (χ2n) is 4.47. The van der Waals surface area contributed by atoms with Crippen LogP contribution in [0, 0.1) is 0 Å². The smallest absolute Gasteiger partial charge is 0.323 e. The predicted molar refractivity (Wildman–Crippen MR) is 75.8 cm³/mol. The first kappa shape index (κ1) is 16.0. The third kappa shape index (κ3) is 5.30. The standard InChI is InChI=1S/C15H21NO4/c1-3-8-20-13-7-5-6-12(9-13)10-14(17)16(4-2)11-15(18)19/h5-7,9H,3-4,8,10-11H2,1-2H3,(H,18,19). The van der Waals surface area contributed by atoms with Crippen LogP contribution in [0.1, 0.15) is 25.8 Å². The number of benzene rings is 1. The number of ether oxygens (including phenoxy) is 1. The van der Waals surface area contributed by atoms with Gasteiger partial charge >= 0.3 is 5.97 Å². The van der Waals surface area contributed by atoms with Crippen LogP contribution in [0.3, 0.4) is 0 Å². The van der Waals surface area contributed by atoms with Crippen LogP contribution in [-0.2, 0) is 16.0 Å². The number of rotatable bonds is 8. The van der Waals surface area contributed by atoms with E-state index in [0.717, 1.165) is 17.7 Å². The van der Waals surface area contributed by atoms with Gasteiger partial charge in [-0.3, -0.25) is 9.59 Å². The summed E-state index contributed by atoms with van der Waals surface area (Å²) in [7, 11) is 0. The fourth-order valence-electron chi connectivity index (χ4n) is 1.79. The van der Waals surface area contributed by atoms with Gasteiger partial charge < -0.3 is 14.7 Å². The summed E-state index contributed by atoms with van der Waals surface area (Å²) in [6, 6.07) is 7.34. The van der Waals surface area contributed by atoms with Crippen molar-refractivity contribution in [3.63, 3.8) is 0 Å². The molecule has 0 aliphatic heterocycles. The van der Waals surface area contributed by atoms with Crippen molar-refractivity contribution in [3.05, 3.63) is 29.8 Å². The normalized spacial score (nSPS) is 10.1. The lowest BCUT2D eigenvalue weighted by Gasteiger charge is -2.18. The topological polar surface area (TPSA) is 66.8 Å². The molecule has 0 aromatic heterocycles. The van der Waals surface area contributed by atoms with E-state index in [1.54, 1.807) is 6.92 Å². The van der Waals surface area contributed by atoms with Crippen molar-refractivity contribution >= 4 is 11.9 Å². The van der Waals surface area contributed by atoms with Crippen molar-refractivity contribution in [1.82, 2.24) is 4.90 Å². The van der Waals surface area contributed by atoms with Crippen LogP contribution in [0.25, 0.3) is 0 Å². The average molecular weight is 279 g/mol. The minimum absolute atomic E-state index is 0.185. The molecule has 0 aliphatic carbocycles. The lowest BCUT2D eigenvalue weighted by atomic mass is 10.1. The largest absolute Gasteiger partial charge is 0.494 e. The zero-order valence-electron chi connectivity index (χ0n) is 12.0. The summed E-state index contributed by atoms with van der Waals surface area (Å²) in [4.78, 5) is 24.0. The van der Waals surface area contributed by atoms with E-state index < -0.39 is 5.97 Å². The number of likely N-dealkylation sites (N-methyl/N-ethyl adjacent to an activating group) is 1. The summed E-state index contributed by atoms with van der Waals surface area (Å²) in [6.07, 6.45) is 1.11. The van der Waals surface area contributed by atoms with Gasteiger partial charge in [-0.05, 0) is 31.0 Å². The maximum Gasteiger partial charge on any atom is 0.323 e. The Morgan fingerprint density at radius 2 is 2.05 bits per heavy atom. The average Bonchev–Trinajstić information content (AvgIpc) is 2.42. The van der Waals surface area contributed by atoms with E-state index in [2.05, 4.69) is 0 Å². The predicted octanol–water partition coefficient (Wildman–Crippen LogP) is 1.95. The quantitative estimate of drug-likeness (QED) is 0.790. The molecule has 5 nitrogen and oxygen atoms in total. The summed E-state index contributed by atoms with van der Waals surface area (Å²) in [5, 5.41) is 8.76. The fourth-order valence-corrected chi connectivity index (χ4v) is 1.79. The van der Waals surface area contributed by atoms with E-state index in [4.69, 9.17) is 9.84 Å². The van der Waals surface area contributed by atoms with Crippen molar-refractivity contribution < 1.29 is 19.4 Å². The van der Waals surface area contributed by atoms with Crippen LogP contribution in [0.2, 0.25) is 0 Å². The molecule has 0 bridgehead atoms. The molecule has 0 heterocycles. The molecule has 0 radical (unpaired) electrons. The maximum absolute atomic E-state index is 12.0. The molecular weight excluding hydrogens is 258 g/mol. The molecule has 1 rings (SSSR count). The molecule has 0 saturated heterocycles. The van der Waals surface area contributed by atoms with Crippen molar-refractivity contribution in [2.75, 3.05) is 19.7 Å². The monoisotopic (exact) mass is 279 g/mol. The number of carboxylic acids is 1. The number of nitrogens with zero attached hydrogens (tertiary/aromatic N) is 1. The van der Waals surface area contributed by atoms with Gasteiger partial charge in [0.2, 0.25) is 5.91 Å². The Balaban J connectivity index is 2.66. The Labute approximate surface area is 119 Å². The molecule has 1 amide bonds. The van der Waals surface area contributed by atoms with Crippen LogP contribution in [0.4, 0.5) is 0 Å². The van der Waals surface area contributed by atoms with Crippen LogP contribution in [0.5, 0.6) is 5.75 Å². The third-order valence-corrected chi connectivity index (χ3v) is 2.79. The first-order valence-corrected chi connectivity index (χ1v) is 6.78. The molecule has 1 N–H and O–H groups in total. The van der Waals surface area contributed by atoms with Crippen molar-refractivity contribution in [2.24, 2.45) is 0 Å². The minimum atomic E-state index is -1.000. The SMILES string of the molecule is CCCOc1cccc(CC(=O)N(CC)CC(=O)O)c1. The molecule has 0 saturated carbocycles. The van der Waals surface area contributed by atoms with Gasteiger partial charge in [0.1, 0.15) is 12.3 Å². The highest BCUT2D eigenvalue weighted by atomic mass is 16.5. The molecule has 110 valence electrons. The van der Waals surface area contributed by atoms with Gasteiger partial charge in [-0.2, -0.15) is 0 Å². The minimum Gasteiger partial charge on any atom is -0.494 e. The Morgan fingerprint density at radius 3 is 2.65 bits per heavy atom. The van der Waals surface area contributed by atoms with Crippen LogP contribution in [0.15, 0.2) is 24.3 Å². The first-order valence-electron chi connectivity index (χ1n) is 6.78. The van der Waals surface area contributed by atoms with Crippen molar-refractivity contribution in [1.29, 1.82) is 0 Å². The molecular formula is C15H21NO4. The Kier molecular flexibility index (Phi) is 6.56. The number of carbonyl (C=O) groups excluding carboxylic acids is 1. The summed E-state index contributed by atoms with van der Waals surface area (Å²) in [5.41, 5.74) is 0.826. The summed E-state index contributed by atoms with van der Waals surface area (Å²) in [6.45, 7) is 4.55. The summed E-state index contributed by atoms with van der Waals surface area (Å²) in [5.74, 6) is -0.457. The van der Waals surface area contributed by atoms with E-state index in [-0.39, 0.29) is 18.9 Å². The number of hydrogen-bond acceptors (Lipinski definition) is 3. The zero-order valence-corrected chi connectivity index (χ0v) is 12.0. The molecule has 20 heavy (non-hydrogen) atoms. The lowest BCUT2D eigenvalue weighted by molar-refractivity contribution is -0.144. The van der Waals surface area contributed by atoms with Crippen LogP contribution < -0.4 is 4.74 Å². The second-order valence-corrected chi connectivity index (χ2v) is 4.47. The maximum atomic E-state index is 12.0. The number of carboxylic acid groups (broad SMARTS) is 1. The first-order chi connectivity index (χ1) is 9.56. The van der Waals surface area contributed by atoms with Gasteiger partial charge in [-0.25, -0.2) is 0 Å². The molecule has 0 fully saturated rings. The summed E-state index contributed by atoms with van der Waals surface area (Å²) < 4.78 is 5.51. The lowest BCUT2D eigenvalue weighted by Crippen LogP contribution is -2.36. The van der Waals surface area contributed by atoms with Crippen LogP contribution >= 0.6 is 0 Å². The van der Waals surface area contributed by atoms with Gasteiger partial charge in [0.05, 0.1) is 13.0 Å². The van der Waals surface area contributed by atoms with Gasteiger partial charge in [-0.15, -0.1) is 0 Å².